The number of hydrogen-bond donors (Lipinski definition) is 0. The van der Waals surface area contributed by atoms with Crippen LogP contribution in [0.1, 0.15) is 213 Å². The molecular formula is C41H78O5. The van der Waals surface area contributed by atoms with Gasteiger partial charge < -0.3 is 14.2 Å². The Morgan fingerprint density at radius 3 is 1.39 bits per heavy atom. The van der Waals surface area contributed by atoms with Gasteiger partial charge in [-0.25, -0.2) is 0 Å². The molecule has 0 radical (unpaired) electrons. The summed E-state index contributed by atoms with van der Waals surface area (Å²) >= 11 is 0. The molecule has 0 spiro atoms. The Bertz CT molecular complexity index is 661. The van der Waals surface area contributed by atoms with Gasteiger partial charge in [0.05, 0.1) is 6.61 Å². The van der Waals surface area contributed by atoms with Crippen LogP contribution in [0.5, 0.6) is 0 Å². The van der Waals surface area contributed by atoms with Gasteiger partial charge in [-0.2, -0.15) is 0 Å². The Hall–Kier alpha value is -1.36. The molecule has 0 amide bonds. The predicted molar refractivity (Wildman–Crippen MR) is 196 cm³/mol. The van der Waals surface area contributed by atoms with E-state index in [9.17, 15) is 9.59 Å². The highest BCUT2D eigenvalue weighted by Gasteiger charge is 2.17. The fraction of sp³-hybridized carbons (Fsp3) is 0.902. The molecule has 0 bridgehead atoms. The highest BCUT2D eigenvalue weighted by atomic mass is 16.6. The van der Waals surface area contributed by atoms with E-state index >= 15 is 0 Å². The van der Waals surface area contributed by atoms with Crippen molar-refractivity contribution in [3.8, 4) is 0 Å². The summed E-state index contributed by atoms with van der Waals surface area (Å²) in [7, 11) is 0. The second-order valence-electron chi connectivity index (χ2n) is 13.6. The summed E-state index contributed by atoms with van der Waals surface area (Å²) in [6, 6.07) is 0. The maximum atomic E-state index is 12.6. The maximum absolute atomic E-state index is 12.6. The first-order chi connectivity index (χ1) is 22.6. The molecule has 0 aromatic carbocycles. The van der Waals surface area contributed by atoms with E-state index in [1.165, 1.54) is 135 Å². The zero-order valence-corrected chi connectivity index (χ0v) is 31.1. The van der Waals surface area contributed by atoms with Gasteiger partial charge in [0.15, 0.2) is 6.10 Å². The van der Waals surface area contributed by atoms with Crippen molar-refractivity contribution in [2.24, 2.45) is 0 Å². The van der Waals surface area contributed by atoms with Crippen LogP contribution in [0.3, 0.4) is 0 Å². The highest BCUT2D eigenvalue weighted by molar-refractivity contribution is 5.70. The second kappa shape index (κ2) is 38.1. The Morgan fingerprint density at radius 1 is 0.457 bits per heavy atom. The van der Waals surface area contributed by atoms with E-state index in [-0.39, 0.29) is 18.5 Å². The number of esters is 2. The number of hydrogen-bond acceptors (Lipinski definition) is 5. The average molecular weight is 651 g/mol. The summed E-state index contributed by atoms with van der Waals surface area (Å²) in [5, 5.41) is 0. The second-order valence-corrected chi connectivity index (χ2v) is 13.6. The summed E-state index contributed by atoms with van der Waals surface area (Å²) in [6.07, 6.45) is 39.1. The molecule has 0 aliphatic heterocycles. The molecule has 0 saturated heterocycles. The number of allylic oxidation sites excluding steroid dienone is 2. The topological polar surface area (TPSA) is 61.8 Å². The summed E-state index contributed by atoms with van der Waals surface area (Å²) in [5.41, 5.74) is 0. The molecule has 1 unspecified atom stereocenters. The fourth-order valence-electron chi connectivity index (χ4n) is 5.72. The van der Waals surface area contributed by atoms with E-state index < -0.39 is 6.10 Å². The zero-order chi connectivity index (χ0) is 33.6. The van der Waals surface area contributed by atoms with Gasteiger partial charge in [0.1, 0.15) is 6.61 Å². The van der Waals surface area contributed by atoms with E-state index in [2.05, 4.69) is 32.9 Å². The molecule has 0 heterocycles. The lowest BCUT2D eigenvalue weighted by Gasteiger charge is -2.18. The minimum Gasteiger partial charge on any atom is -0.462 e. The van der Waals surface area contributed by atoms with Crippen LogP contribution in [0.2, 0.25) is 0 Å². The van der Waals surface area contributed by atoms with Crippen molar-refractivity contribution >= 4 is 11.9 Å². The Kier molecular flexibility index (Phi) is 37.0. The van der Waals surface area contributed by atoms with Gasteiger partial charge in [-0.15, -0.1) is 0 Å². The molecule has 1 atom stereocenters. The smallest absolute Gasteiger partial charge is 0.306 e. The number of carbonyl (C=O) groups excluding carboxylic acids is 2. The predicted octanol–water partition coefficient (Wildman–Crippen LogP) is 12.8. The number of ether oxygens (including phenoxy) is 3. The molecule has 0 aromatic heterocycles. The standard InChI is InChI=1S/C41H78O5/c1-4-7-10-13-16-19-21-23-25-28-31-34-40(42)45-38-39(37-44-36-33-30-27-24-20-17-14-11-8-5-2)46-41(43)35-32-29-26-22-18-15-12-9-6-3/h13,16,39H,4-12,14-15,17-38H2,1-3H3/b16-13-. The van der Waals surface area contributed by atoms with Crippen LogP contribution < -0.4 is 0 Å². The third-order valence-corrected chi connectivity index (χ3v) is 8.80. The van der Waals surface area contributed by atoms with E-state index in [4.69, 9.17) is 14.2 Å². The Labute approximate surface area is 286 Å². The van der Waals surface area contributed by atoms with Crippen molar-refractivity contribution in [2.45, 2.75) is 219 Å². The van der Waals surface area contributed by atoms with Crippen LogP contribution in [0.4, 0.5) is 0 Å². The third kappa shape index (κ3) is 35.5. The molecular weight excluding hydrogens is 572 g/mol. The van der Waals surface area contributed by atoms with Gasteiger partial charge in [0, 0.05) is 19.4 Å². The van der Waals surface area contributed by atoms with E-state index in [1.54, 1.807) is 0 Å². The van der Waals surface area contributed by atoms with E-state index in [1.807, 2.05) is 0 Å². The first-order valence-corrected chi connectivity index (χ1v) is 20.2. The molecule has 0 fully saturated rings. The van der Waals surface area contributed by atoms with Crippen LogP contribution in [0.25, 0.3) is 0 Å². The van der Waals surface area contributed by atoms with Crippen LogP contribution in [-0.4, -0.2) is 37.9 Å². The van der Waals surface area contributed by atoms with Crippen molar-refractivity contribution in [1.29, 1.82) is 0 Å². The van der Waals surface area contributed by atoms with Crippen molar-refractivity contribution in [3.63, 3.8) is 0 Å². The SMILES string of the molecule is CCCC/C=C\CCCCCCCC(=O)OCC(COCCCCCCCCCCCC)OC(=O)CCCCCCCCCCC. The lowest BCUT2D eigenvalue weighted by Crippen LogP contribution is -2.30. The molecule has 0 aliphatic rings. The minimum absolute atomic E-state index is 0.0880. The Morgan fingerprint density at radius 2 is 0.870 bits per heavy atom. The lowest BCUT2D eigenvalue weighted by molar-refractivity contribution is -0.163. The number of rotatable bonds is 37. The molecule has 0 saturated carbocycles. The van der Waals surface area contributed by atoms with Crippen LogP contribution in [-0.2, 0) is 23.8 Å². The fourth-order valence-corrected chi connectivity index (χ4v) is 5.72. The lowest BCUT2D eigenvalue weighted by atomic mass is 10.1. The van der Waals surface area contributed by atoms with Gasteiger partial charge in [0.25, 0.3) is 0 Å². The van der Waals surface area contributed by atoms with Gasteiger partial charge in [0.2, 0.25) is 0 Å². The van der Waals surface area contributed by atoms with Crippen LogP contribution >= 0.6 is 0 Å². The average Bonchev–Trinajstić information content (AvgIpc) is 3.05. The van der Waals surface area contributed by atoms with Crippen molar-refractivity contribution in [2.75, 3.05) is 19.8 Å². The molecule has 0 N–H and O–H groups in total. The van der Waals surface area contributed by atoms with Crippen molar-refractivity contribution < 1.29 is 23.8 Å². The summed E-state index contributed by atoms with van der Waals surface area (Å²) in [6.45, 7) is 7.78. The number of carbonyl (C=O) groups is 2. The molecule has 272 valence electrons. The third-order valence-electron chi connectivity index (χ3n) is 8.80. The van der Waals surface area contributed by atoms with E-state index in [0.717, 1.165) is 44.9 Å². The maximum Gasteiger partial charge on any atom is 0.306 e. The van der Waals surface area contributed by atoms with Crippen molar-refractivity contribution in [1.82, 2.24) is 0 Å². The van der Waals surface area contributed by atoms with Gasteiger partial charge in [-0.3, -0.25) is 9.59 Å². The van der Waals surface area contributed by atoms with Gasteiger partial charge >= 0.3 is 11.9 Å². The quantitative estimate of drug-likeness (QED) is 0.0380. The molecule has 5 heteroatoms. The summed E-state index contributed by atoms with van der Waals surface area (Å²) in [5.74, 6) is -0.403. The largest absolute Gasteiger partial charge is 0.462 e. The van der Waals surface area contributed by atoms with Crippen LogP contribution in [0.15, 0.2) is 12.2 Å². The van der Waals surface area contributed by atoms with Gasteiger partial charge in [-0.1, -0.05) is 174 Å². The number of unbranched alkanes of at least 4 members (excludes halogenated alkanes) is 24. The van der Waals surface area contributed by atoms with Crippen LogP contribution in [0, 0.1) is 0 Å². The molecule has 0 rings (SSSR count). The summed E-state index contributed by atoms with van der Waals surface area (Å²) in [4.78, 5) is 25.0. The normalized spacial score (nSPS) is 12.2. The van der Waals surface area contributed by atoms with Crippen molar-refractivity contribution in [3.05, 3.63) is 12.2 Å². The first kappa shape index (κ1) is 44.6. The molecule has 0 aliphatic carbocycles. The Balaban J connectivity index is 4.21. The molecule has 46 heavy (non-hydrogen) atoms. The van der Waals surface area contributed by atoms with E-state index in [0.29, 0.717) is 26.1 Å². The first-order valence-electron chi connectivity index (χ1n) is 20.2. The highest BCUT2D eigenvalue weighted by Crippen LogP contribution is 2.13. The molecule has 5 nitrogen and oxygen atoms in total. The summed E-state index contributed by atoms with van der Waals surface area (Å²) < 4.78 is 17.2. The molecule has 0 aromatic rings. The van der Waals surface area contributed by atoms with Gasteiger partial charge in [-0.05, 0) is 38.5 Å². The monoisotopic (exact) mass is 651 g/mol. The zero-order valence-electron chi connectivity index (χ0n) is 31.1. The minimum atomic E-state index is -0.525.